The number of hydrogen-bond donors (Lipinski definition) is 1. The fourth-order valence-corrected chi connectivity index (χ4v) is 0.962. The number of benzene rings is 1. The Morgan fingerprint density at radius 1 is 1.38 bits per heavy atom. The van der Waals surface area contributed by atoms with Crippen molar-refractivity contribution in [1.82, 2.24) is 4.90 Å². The molecule has 0 radical (unpaired) electrons. The van der Waals surface area contributed by atoms with Gasteiger partial charge in [-0.1, -0.05) is 0 Å². The highest BCUT2D eigenvalue weighted by Gasteiger charge is 1.95. The van der Waals surface area contributed by atoms with Gasteiger partial charge in [0.2, 0.25) is 0 Å². The Balaban J connectivity index is 2.90. The summed E-state index contributed by atoms with van der Waals surface area (Å²) < 4.78 is 0. The van der Waals surface area contributed by atoms with Crippen LogP contribution in [0.1, 0.15) is 5.56 Å². The van der Waals surface area contributed by atoms with Gasteiger partial charge in [-0.15, -0.1) is 0 Å². The van der Waals surface area contributed by atoms with Crippen LogP contribution in [0, 0.1) is 6.92 Å². The average molecular weight is 178 g/mol. The van der Waals surface area contributed by atoms with Gasteiger partial charge in [-0.05, 0) is 30.7 Å². The van der Waals surface area contributed by atoms with Crippen molar-refractivity contribution >= 4 is 12.0 Å². The zero-order chi connectivity index (χ0) is 9.84. The second kappa shape index (κ2) is 3.94. The molecule has 1 aromatic carbocycles. The van der Waals surface area contributed by atoms with Crippen LogP contribution in [0.15, 0.2) is 23.2 Å². The summed E-state index contributed by atoms with van der Waals surface area (Å²) in [6.07, 6.45) is 1.74. The molecule has 0 aliphatic carbocycles. The van der Waals surface area contributed by atoms with Crippen LogP contribution in [0.3, 0.4) is 0 Å². The standard InChI is InChI=1S/C10H14N2O/c1-8-6-9(13)4-5-10(8)11-7-12(2)3/h4-7,13H,1-3H3. The lowest BCUT2D eigenvalue weighted by Gasteiger charge is -2.04. The van der Waals surface area contributed by atoms with E-state index in [1.807, 2.05) is 25.9 Å². The van der Waals surface area contributed by atoms with Gasteiger partial charge in [0, 0.05) is 14.1 Å². The van der Waals surface area contributed by atoms with Gasteiger partial charge in [0.25, 0.3) is 0 Å². The van der Waals surface area contributed by atoms with Crippen LogP contribution in [-0.2, 0) is 0 Å². The number of aryl methyl sites for hydroxylation is 1. The van der Waals surface area contributed by atoms with Crippen molar-refractivity contribution < 1.29 is 5.11 Å². The van der Waals surface area contributed by atoms with Crippen molar-refractivity contribution in [2.75, 3.05) is 14.1 Å². The molecule has 0 saturated heterocycles. The van der Waals surface area contributed by atoms with Crippen LogP contribution in [0.5, 0.6) is 5.75 Å². The Morgan fingerprint density at radius 2 is 2.08 bits per heavy atom. The van der Waals surface area contributed by atoms with Crippen LogP contribution in [0.4, 0.5) is 5.69 Å². The average Bonchev–Trinajstić information content (AvgIpc) is 2.02. The molecule has 0 amide bonds. The van der Waals surface area contributed by atoms with Gasteiger partial charge in [-0.3, -0.25) is 0 Å². The van der Waals surface area contributed by atoms with E-state index in [0.29, 0.717) is 0 Å². The summed E-state index contributed by atoms with van der Waals surface area (Å²) in [5.74, 6) is 0.279. The van der Waals surface area contributed by atoms with E-state index in [4.69, 9.17) is 5.11 Å². The second-order valence-electron chi connectivity index (χ2n) is 3.18. The Hall–Kier alpha value is -1.51. The zero-order valence-electron chi connectivity index (χ0n) is 8.15. The van der Waals surface area contributed by atoms with Crippen LogP contribution < -0.4 is 0 Å². The molecule has 0 atom stereocenters. The molecule has 0 aliphatic heterocycles. The molecule has 1 rings (SSSR count). The van der Waals surface area contributed by atoms with Gasteiger partial charge in [0.15, 0.2) is 0 Å². The summed E-state index contributed by atoms with van der Waals surface area (Å²) in [5, 5.41) is 9.15. The minimum Gasteiger partial charge on any atom is -0.508 e. The van der Waals surface area contributed by atoms with Crippen LogP contribution in [0.25, 0.3) is 0 Å². The first-order chi connectivity index (χ1) is 6.09. The maximum atomic E-state index is 9.15. The van der Waals surface area contributed by atoms with E-state index in [9.17, 15) is 0 Å². The largest absolute Gasteiger partial charge is 0.508 e. The molecule has 0 unspecified atom stereocenters. The molecule has 13 heavy (non-hydrogen) atoms. The number of aliphatic imine (C=N–C) groups is 1. The lowest BCUT2D eigenvalue weighted by molar-refractivity contribution is 0.475. The zero-order valence-corrected chi connectivity index (χ0v) is 8.15. The Kier molecular flexibility index (Phi) is 2.90. The third kappa shape index (κ3) is 2.78. The molecule has 0 spiro atoms. The number of phenols is 1. The summed E-state index contributed by atoms with van der Waals surface area (Å²) in [5.41, 5.74) is 1.85. The highest BCUT2D eigenvalue weighted by atomic mass is 16.3. The monoisotopic (exact) mass is 178 g/mol. The van der Waals surface area contributed by atoms with Crippen LogP contribution in [-0.4, -0.2) is 30.4 Å². The predicted molar refractivity (Wildman–Crippen MR) is 54.7 cm³/mol. The number of rotatable bonds is 2. The molecule has 0 heterocycles. The minimum absolute atomic E-state index is 0.279. The first-order valence-corrected chi connectivity index (χ1v) is 4.10. The van der Waals surface area contributed by atoms with E-state index in [1.165, 1.54) is 0 Å². The fourth-order valence-electron chi connectivity index (χ4n) is 0.962. The molecule has 0 aromatic heterocycles. The summed E-state index contributed by atoms with van der Waals surface area (Å²) >= 11 is 0. The smallest absolute Gasteiger partial charge is 0.115 e. The van der Waals surface area contributed by atoms with Gasteiger partial charge in [0.1, 0.15) is 5.75 Å². The van der Waals surface area contributed by atoms with Gasteiger partial charge in [-0.25, -0.2) is 4.99 Å². The maximum Gasteiger partial charge on any atom is 0.115 e. The maximum absolute atomic E-state index is 9.15. The number of aromatic hydroxyl groups is 1. The molecule has 3 heteroatoms. The van der Waals surface area contributed by atoms with Crippen LogP contribution >= 0.6 is 0 Å². The normalized spacial score (nSPS) is 10.7. The van der Waals surface area contributed by atoms with E-state index >= 15 is 0 Å². The Labute approximate surface area is 78.3 Å². The molecule has 1 N–H and O–H groups in total. The molecule has 70 valence electrons. The molecule has 1 aromatic rings. The first-order valence-electron chi connectivity index (χ1n) is 4.10. The molecule has 3 nitrogen and oxygen atoms in total. The number of phenolic OH excluding ortho intramolecular Hbond substituents is 1. The molecular weight excluding hydrogens is 164 g/mol. The minimum atomic E-state index is 0.279. The van der Waals surface area contributed by atoms with Gasteiger partial charge in [0.05, 0.1) is 12.0 Å². The topological polar surface area (TPSA) is 35.8 Å². The lowest BCUT2D eigenvalue weighted by atomic mass is 10.2. The summed E-state index contributed by atoms with van der Waals surface area (Å²) in [7, 11) is 3.83. The summed E-state index contributed by atoms with van der Waals surface area (Å²) in [6, 6.07) is 5.13. The van der Waals surface area contributed by atoms with E-state index in [-0.39, 0.29) is 5.75 Å². The van der Waals surface area contributed by atoms with Crippen molar-refractivity contribution in [3.05, 3.63) is 23.8 Å². The van der Waals surface area contributed by atoms with Crippen LogP contribution in [0.2, 0.25) is 0 Å². The quantitative estimate of drug-likeness (QED) is 0.554. The van der Waals surface area contributed by atoms with Crippen molar-refractivity contribution in [1.29, 1.82) is 0 Å². The third-order valence-electron chi connectivity index (χ3n) is 1.61. The second-order valence-corrected chi connectivity index (χ2v) is 3.18. The first kappa shape index (κ1) is 9.58. The highest BCUT2D eigenvalue weighted by molar-refractivity contribution is 5.63. The summed E-state index contributed by atoms with van der Waals surface area (Å²) in [4.78, 5) is 6.10. The van der Waals surface area contributed by atoms with E-state index in [2.05, 4.69) is 4.99 Å². The number of nitrogens with zero attached hydrogens (tertiary/aromatic N) is 2. The highest BCUT2D eigenvalue weighted by Crippen LogP contribution is 2.22. The third-order valence-corrected chi connectivity index (χ3v) is 1.61. The fraction of sp³-hybridized carbons (Fsp3) is 0.300. The number of hydrogen-bond acceptors (Lipinski definition) is 2. The predicted octanol–water partition coefficient (Wildman–Crippen LogP) is 1.92. The van der Waals surface area contributed by atoms with Gasteiger partial charge >= 0.3 is 0 Å². The Morgan fingerprint density at radius 3 is 2.62 bits per heavy atom. The summed E-state index contributed by atoms with van der Waals surface area (Å²) in [6.45, 7) is 1.92. The van der Waals surface area contributed by atoms with Crippen molar-refractivity contribution in [3.63, 3.8) is 0 Å². The van der Waals surface area contributed by atoms with Gasteiger partial charge < -0.3 is 10.0 Å². The van der Waals surface area contributed by atoms with Crippen molar-refractivity contribution in [3.8, 4) is 5.75 Å². The van der Waals surface area contributed by atoms with E-state index in [0.717, 1.165) is 11.3 Å². The van der Waals surface area contributed by atoms with E-state index < -0.39 is 0 Å². The SMILES string of the molecule is Cc1cc(O)ccc1N=CN(C)C. The van der Waals surface area contributed by atoms with E-state index in [1.54, 1.807) is 24.5 Å². The Bertz CT molecular complexity index is 319. The van der Waals surface area contributed by atoms with Crippen molar-refractivity contribution in [2.24, 2.45) is 4.99 Å². The van der Waals surface area contributed by atoms with Crippen molar-refractivity contribution in [2.45, 2.75) is 6.92 Å². The lowest BCUT2D eigenvalue weighted by Crippen LogP contribution is -2.07. The molecular formula is C10H14N2O. The molecule has 0 saturated carbocycles. The molecule has 0 aliphatic rings. The molecule has 0 fully saturated rings. The van der Waals surface area contributed by atoms with Gasteiger partial charge in [-0.2, -0.15) is 0 Å². The molecule has 0 bridgehead atoms.